The van der Waals surface area contributed by atoms with Crippen molar-refractivity contribution in [3.63, 3.8) is 0 Å². The van der Waals surface area contributed by atoms with Crippen LogP contribution in [0, 0.1) is 6.92 Å². The molecule has 0 fully saturated rings. The quantitative estimate of drug-likeness (QED) is 0.883. The van der Waals surface area contributed by atoms with Gasteiger partial charge in [0.25, 0.3) is 0 Å². The summed E-state index contributed by atoms with van der Waals surface area (Å²) in [6.07, 6.45) is -2.02. The largest absolute Gasteiger partial charge is 0.433 e. The Hall–Kier alpha value is -2.44. The van der Waals surface area contributed by atoms with E-state index in [-0.39, 0.29) is 36.3 Å². The Labute approximate surface area is 149 Å². The second-order valence-corrected chi connectivity index (χ2v) is 6.55. The average molecular weight is 363 g/mol. The predicted molar refractivity (Wildman–Crippen MR) is 90.6 cm³/mol. The third-order valence-electron chi connectivity index (χ3n) is 4.55. The van der Waals surface area contributed by atoms with Gasteiger partial charge in [-0.1, -0.05) is 24.3 Å². The molecule has 1 atom stereocenters. The smallest absolute Gasteiger partial charge is 0.356 e. The van der Waals surface area contributed by atoms with E-state index in [1.165, 1.54) is 18.1 Å². The minimum Gasteiger partial charge on any atom is -0.356 e. The number of fused-ring (bicyclic) bond motifs is 1. The number of hydrogen-bond acceptors (Lipinski definition) is 3. The van der Waals surface area contributed by atoms with Crippen LogP contribution in [0.3, 0.4) is 0 Å². The maximum absolute atomic E-state index is 12.8. The van der Waals surface area contributed by atoms with Crippen molar-refractivity contribution in [2.45, 2.75) is 44.7 Å². The fraction of sp³-hybridized carbons (Fsp3) is 0.421. The maximum Gasteiger partial charge on any atom is 0.433 e. The summed E-state index contributed by atoms with van der Waals surface area (Å²) in [6.45, 7) is 1.71. The average Bonchev–Trinajstić information content (AvgIpc) is 2.97. The van der Waals surface area contributed by atoms with E-state index >= 15 is 0 Å². The van der Waals surface area contributed by atoms with Gasteiger partial charge in [-0.25, -0.2) is 9.97 Å². The van der Waals surface area contributed by atoms with Gasteiger partial charge in [-0.15, -0.1) is 0 Å². The van der Waals surface area contributed by atoms with Gasteiger partial charge in [0, 0.05) is 25.1 Å². The number of alkyl halides is 3. The molecule has 7 heteroatoms. The van der Waals surface area contributed by atoms with E-state index in [0.29, 0.717) is 6.42 Å². The van der Waals surface area contributed by atoms with Crippen LogP contribution in [-0.2, 0) is 23.8 Å². The summed E-state index contributed by atoms with van der Waals surface area (Å²) < 4.78 is 38.4. The fourth-order valence-electron chi connectivity index (χ4n) is 3.35. The Bertz CT molecular complexity index is 805. The third-order valence-corrected chi connectivity index (χ3v) is 4.55. The van der Waals surface area contributed by atoms with E-state index in [1.807, 2.05) is 12.1 Å². The molecular formula is C19H20F3N3O. The van der Waals surface area contributed by atoms with Crippen molar-refractivity contribution in [1.82, 2.24) is 15.3 Å². The number of nitrogens with one attached hydrogen (secondary N) is 1. The van der Waals surface area contributed by atoms with Gasteiger partial charge in [0.15, 0.2) is 0 Å². The molecule has 0 saturated heterocycles. The Morgan fingerprint density at radius 3 is 2.81 bits per heavy atom. The Morgan fingerprint density at radius 1 is 1.27 bits per heavy atom. The highest BCUT2D eigenvalue weighted by atomic mass is 19.4. The van der Waals surface area contributed by atoms with E-state index in [2.05, 4.69) is 27.4 Å². The van der Waals surface area contributed by atoms with Crippen molar-refractivity contribution in [1.29, 1.82) is 0 Å². The zero-order valence-corrected chi connectivity index (χ0v) is 14.4. The molecule has 0 bridgehead atoms. The number of aromatic nitrogens is 2. The number of nitrogens with zero attached hydrogens (tertiary/aromatic N) is 2. The maximum atomic E-state index is 12.8. The minimum absolute atomic E-state index is 0.0869. The van der Waals surface area contributed by atoms with Gasteiger partial charge in [-0.05, 0) is 42.9 Å². The summed E-state index contributed by atoms with van der Waals surface area (Å²) in [6, 6.07) is 9.03. The van der Waals surface area contributed by atoms with Crippen LogP contribution in [0.25, 0.3) is 0 Å². The molecule has 1 aromatic heterocycles. The van der Waals surface area contributed by atoms with Crippen molar-refractivity contribution < 1.29 is 18.0 Å². The first kappa shape index (κ1) is 18.4. The van der Waals surface area contributed by atoms with Crippen molar-refractivity contribution in [2.75, 3.05) is 6.54 Å². The lowest BCUT2D eigenvalue weighted by Crippen LogP contribution is -2.27. The van der Waals surface area contributed by atoms with Crippen LogP contribution < -0.4 is 5.32 Å². The second-order valence-electron chi connectivity index (χ2n) is 6.55. The lowest BCUT2D eigenvalue weighted by molar-refractivity contribution is -0.141. The molecule has 0 aliphatic heterocycles. The summed E-state index contributed by atoms with van der Waals surface area (Å²) in [7, 11) is 0. The van der Waals surface area contributed by atoms with E-state index in [4.69, 9.17) is 0 Å². The number of amides is 1. The summed E-state index contributed by atoms with van der Waals surface area (Å²) >= 11 is 0. The van der Waals surface area contributed by atoms with Crippen LogP contribution in [0.1, 0.15) is 47.1 Å². The summed E-state index contributed by atoms with van der Waals surface area (Å²) in [5.74, 6) is 0.192. The first-order chi connectivity index (χ1) is 12.3. The van der Waals surface area contributed by atoms with Gasteiger partial charge in [-0.2, -0.15) is 13.2 Å². The Balaban J connectivity index is 1.53. The van der Waals surface area contributed by atoms with Crippen molar-refractivity contribution in [3.05, 3.63) is 58.7 Å². The molecule has 1 amide bonds. The molecule has 0 spiro atoms. The van der Waals surface area contributed by atoms with E-state index < -0.39 is 11.9 Å². The van der Waals surface area contributed by atoms with E-state index in [1.54, 1.807) is 0 Å². The van der Waals surface area contributed by atoms with Crippen LogP contribution in [-0.4, -0.2) is 22.4 Å². The Kier molecular flexibility index (Phi) is 5.25. The summed E-state index contributed by atoms with van der Waals surface area (Å²) in [5, 5.41) is 2.77. The number of hydrogen-bond donors (Lipinski definition) is 1. The van der Waals surface area contributed by atoms with Gasteiger partial charge in [-0.3, -0.25) is 4.79 Å². The minimum atomic E-state index is -4.50. The van der Waals surface area contributed by atoms with E-state index in [9.17, 15) is 18.0 Å². The molecule has 1 aliphatic rings. The zero-order chi connectivity index (χ0) is 18.7. The van der Waals surface area contributed by atoms with Crippen LogP contribution in [0.5, 0.6) is 0 Å². The molecular weight excluding hydrogens is 343 g/mol. The number of halogens is 3. The number of carbonyl (C=O) groups excluding carboxylic acids is 1. The molecule has 0 radical (unpaired) electrons. The molecule has 138 valence electrons. The highest BCUT2D eigenvalue weighted by molar-refractivity contribution is 5.77. The predicted octanol–water partition coefficient (Wildman–Crippen LogP) is 3.58. The van der Waals surface area contributed by atoms with Crippen molar-refractivity contribution in [2.24, 2.45) is 0 Å². The molecule has 0 unspecified atom stereocenters. The van der Waals surface area contributed by atoms with Gasteiger partial charge in [0.2, 0.25) is 5.91 Å². The molecule has 4 nitrogen and oxygen atoms in total. The van der Waals surface area contributed by atoms with Crippen LogP contribution in [0.15, 0.2) is 30.3 Å². The monoisotopic (exact) mass is 363 g/mol. The molecule has 2 aromatic rings. The van der Waals surface area contributed by atoms with Crippen molar-refractivity contribution in [3.8, 4) is 0 Å². The zero-order valence-electron chi connectivity index (χ0n) is 14.4. The standard InChI is InChI=1S/C19H20F3N3O/c1-12-10-16(19(20,21)22)25-17(24-12)8-9-23-18(26)11-14-7-6-13-4-2-3-5-15(13)14/h2-5,10,14H,6-9,11H2,1H3,(H,23,26)/t14-/m1/s1. The number of aryl methyl sites for hydroxylation is 2. The summed E-state index contributed by atoms with van der Waals surface area (Å²) in [4.78, 5) is 19.7. The molecule has 1 heterocycles. The van der Waals surface area contributed by atoms with Gasteiger partial charge in [0.05, 0.1) is 0 Å². The van der Waals surface area contributed by atoms with Gasteiger partial charge in [0.1, 0.15) is 11.5 Å². The number of carbonyl (C=O) groups is 1. The highest BCUT2D eigenvalue weighted by Crippen LogP contribution is 2.35. The SMILES string of the molecule is Cc1cc(C(F)(F)F)nc(CCNC(=O)C[C@H]2CCc3ccccc32)n1. The first-order valence-corrected chi connectivity index (χ1v) is 8.59. The second kappa shape index (κ2) is 7.43. The third kappa shape index (κ3) is 4.39. The number of rotatable bonds is 5. The Morgan fingerprint density at radius 2 is 2.04 bits per heavy atom. The number of benzene rings is 1. The molecule has 26 heavy (non-hydrogen) atoms. The summed E-state index contributed by atoms with van der Waals surface area (Å²) in [5.41, 5.74) is 1.82. The van der Waals surface area contributed by atoms with Crippen LogP contribution >= 0.6 is 0 Å². The van der Waals surface area contributed by atoms with Crippen LogP contribution in [0.2, 0.25) is 0 Å². The lowest BCUT2D eigenvalue weighted by Gasteiger charge is -2.12. The molecule has 1 aromatic carbocycles. The highest BCUT2D eigenvalue weighted by Gasteiger charge is 2.33. The fourth-order valence-corrected chi connectivity index (χ4v) is 3.35. The molecule has 1 N–H and O–H groups in total. The van der Waals surface area contributed by atoms with Gasteiger partial charge < -0.3 is 5.32 Å². The normalized spacial score (nSPS) is 16.4. The van der Waals surface area contributed by atoms with E-state index in [0.717, 1.165) is 18.9 Å². The first-order valence-electron chi connectivity index (χ1n) is 8.59. The van der Waals surface area contributed by atoms with Crippen molar-refractivity contribution >= 4 is 5.91 Å². The molecule has 0 saturated carbocycles. The topological polar surface area (TPSA) is 54.9 Å². The molecule has 3 rings (SSSR count). The van der Waals surface area contributed by atoms with Gasteiger partial charge >= 0.3 is 6.18 Å². The lowest BCUT2D eigenvalue weighted by atomic mass is 9.97. The van der Waals surface area contributed by atoms with Crippen LogP contribution in [0.4, 0.5) is 13.2 Å². The molecule has 1 aliphatic carbocycles.